The van der Waals surface area contributed by atoms with Gasteiger partial charge in [0.25, 0.3) is 0 Å². The third kappa shape index (κ3) is 5.76. The Morgan fingerprint density at radius 1 is 0.630 bits per heavy atom. The molecule has 0 aliphatic rings. The van der Waals surface area contributed by atoms with Crippen LogP contribution in [-0.4, -0.2) is 23.3 Å². The molecule has 0 saturated heterocycles. The fourth-order valence-corrected chi connectivity index (χ4v) is 3.36. The van der Waals surface area contributed by atoms with Gasteiger partial charge in [-0.3, -0.25) is 0 Å². The number of aliphatic hydroxyl groups is 1. The van der Waals surface area contributed by atoms with Crippen LogP contribution in [0, 0.1) is 0 Å². The van der Waals surface area contributed by atoms with E-state index in [-0.39, 0.29) is 12.1 Å². The van der Waals surface area contributed by atoms with E-state index in [4.69, 9.17) is 11.5 Å². The summed E-state index contributed by atoms with van der Waals surface area (Å²) in [7, 11) is 0. The van der Waals surface area contributed by atoms with Crippen molar-refractivity contribution in [2.75, 3.05) is 0 Å². The Labute approximate surface area is 161 Å². The Bertz CT molecular complexity index is 803. The third-order valence-corrected chi connectivity index (χ3v) is 4.91. The largest absolute Gasteiger partial charge is 0.391 e. The van der Waals surface area contributed by atoms with Crippen molar-refractivity contribution >= 4 is 0 Å². The molecule has 0 heterocycles. The summed E-state index contributed by atoms with van der Waals surface area (Å²) in [5, 5.41) is 10.4. The van der Waals surface area contributed by atoms with Gasteiger partial charge in [-0.05, 0) is 41.5 Å². The Kier molecular flexibility index (Phi) is 6.77. The van der Waals surface area contributed by atoms with Gasteiger partial charge in [-0.2, -0.15) is 0 Å². The first kappa shape index (κ1) is 19.3. The molecule has 0 aliphatic heterocycles. The van der Waals surface area contributed by atoms with Gasteiger partial charge in [0.15, 0.2) is 0 Å². The fourth-order valence-electron chi connectivity index (χ4n) is 3.36. The number of nitrogens with two attached hydrogens (primary N) is 2. The lowest BCUT2D eigenvalue weighted by atomic mass is 9.94. The first-order valence-corrected chi connectivity index (χ1v) is 9.49. The van der Waals surface area contributed by atoms with Crippen molar-refractivity contribution < 1.29 is 5.11 Å². The van der Waals surface area contributed by atoms with Crippen molar-refractivity contribution in [2.24, 2.45) is 11.5 Å². The van der Waals surface area contributed by atoms with Crippen LogP contribution in [0.15, 0.2) is 84.9 Å². The summed E-state index contributed by atoms with van der Waals surface area (Å²) in [6.45, 7) is 0. The molecule has 0 fully saturated rings. The molecule has 3 aromatic rings. The van der Waals surface area contributed by atoms with Crippen LogP contribution in [0.1, 0.15) is 17.5 Å². The molecule has 27 heavy (non-hydrogen) atoms. The van der Waals surface area contributed by atoms with Crippen molar-refractivity contribution in [1.82, 2.24) is 0 Å². The van der Waals surface area contributed by atoms with Crippen LogP contribution in [0.4, 0.5) is 0 Å². The first-order valence-electron chi connectivity index (χ1n) is 9.49. The summed E-state index contributed by atoms with van der Waals surface area (Å²) < 4.78 is 0. The molecule has 0 bridgehead atoms. The van der Waals surface area contributed by atoms with E-state index in [1.54, 1.807) is 0 Å². The molecular formula is C24H28N2O. The molecule has 0 aromatic heterocycles. The number of benzene rings is 3. The maximum Gasteiger partial charge on any atom is 0.0709 e. The van der Waals surface area contributed by atoms with E-state index >= 15 is 0 Å². The average Bonchev–Trinajstić information content (AvgIpc) is 2.70. The first-order chi connectivity index (χ1) is 13.1. The van der Waals surface area contributed by atoms with Gasteiger partial charge in [0.1, 0.15) is 0 Å². The Hall–Kier alpha value is -2.46. The highest BCUT2D eigenvalue weighted by molar-refractivity contribution is 5.63. The van der Waals surface area contributed by atoms with Gasteiger partial charge in [0.2, 0.25) is 0 Å². The van der Waals surface area contributed by atoms with Gasteiger partial charge in [-0.25, -0.2) is 0 Å². The minimum Gasteiger partial charge on any atom is -0.391 e. The van der Waals surface area contributed by atoms with Crippen LogP contribution in [-0.2, 0) is 12.8 Å². The van der Waals surface area contributed by atoms with Gasteiger partial charge in [0.05, 0.1) is 6.10 Å². The molecule has 3 heteroatoms. The molecule has 0 aliphatic carbocycles. The Balaban J connectivity index is 1.51. The highest BCUT2D eigenvalue weighted by Crippen LogP contribution is 2.20. The predicted octanol–water partition coefficient (Wildman–Crippen LogP) is 3.54. The topological polar surface area (TPSA) is 72.3 Å². The second-order valence-electron chi connectivity index (χ2n) is 7.18. The molecule has 3 aromatic carbocycles. The molecule has 0 radical (unpaired) electrons. The van der Waals surface area contributed by atoms with E-state index in [0.29, 0.717) is 12.8 Å². The molecule has 140 valence electrons. The highest BCUT2D eigenvalue weighted by Gasteiger charge is 2.18. The van der Waals surface area contributed by atoms with Crippen LogP contribution in [0.25, 0.3) is 11.1 Å². The van der Waals surface area contributed by atoms with Gasteiger partial charge < -0.3 is 16.6 Å². The van der Waals surface area contributed by atoms with E-state index in [9.17, 15) is 5.11 Å². The molecule has 0 unspecified atom stereocenters. The van der Waals surface area contributed by atoms with Crippen molar-refractivity contribution in [3.63, 3.8) is 0 Å². The molecule has 0 amide bonds. The molecular weight excluding hydrogens is 332 g/mol. The van der Waals surface area contributed by atoms with Crippen LogP contribution in [0.2, 0.25) is 0 Å². The summed E-state index contributed by atoms with van der Waals surface area (Å²) in [5.41, 5.74) is 17.1. The summed E-state index contributed by atoms with van der Waals surface area (Å²) in [5.74, 6) is 0. The summed E-state index contributed by atoms with van der Waals surface area (Å²) >= 11 is 0. The summed E-state index contributed by atoms with van der Waals surface area (Å²) in [4.78, 5) is 0. The molecule has 3 atom stereocenters. The van der Waals surface area contributed by atoms with Crippen LogP contribution in [0.5, 0.6) is 0 Å². The molecule has 0 saturated carbocycles. The van der Waals surface area contributed by atoms with E-state index in [1.807, 2.05) is 48.5 Å². The molecule has 3 rings (SSSR count). The van der Waals surface area contributed by atoms with Crippen molar-refractivity contribution in [1.29, 1.82) is 0 Å². The maximum atomic E-state index is 10.4. The van der Waals surface area contributed by atoms with Crippen LogP contribution >= 0.6 is 0 Å². The minimum atomic E-state index is -0.608. The SMILES string of the molecule is N[C@@H](Cc1ccc(-c2ccccc2)cc1)C[C@H](O)[C@@H](N)Cc1ccccc1. The fraction of sp³-hybridized carbons (Fsp3) is 0.250. The maximum absolute atomic E-state index is 10.4. The predicted molar refractivity (Wildman–Crippen MR) is 112 cm³/mol. The smallest absolute Gasteiger partial charge is 0.0709 e. The van der Waals surface area contributed by atoms with Crippen molar-refractivity contribution in [3.8, 4) is 11.1 Å². The van der Waals surface area contributed by atoms with Crippen LogP contribution in [0.3, 0.4) is 0 Å². The average molecular weight is 361 g/mol. The Morgan fingerprint density at radius 3 is 1.78 bits per heavy atom. The molecule has 5 N–H and O–H groups in total. The van der Waals surface area contributed by atoms with Gasteiger partial charge >= 0.3 is 0 Å². The van der Waals surface area contributed by atoms with Gasteiger partial charge in [-0.15, -0.1) is 0 Å². The lowest BCUT2D eigenvalue weighted by Crippen LogP contribution is -2.41. The Morgan fingerprint density at radius 2 is 1.15 bits per heavy atom. The van der Waals surface area contributed by atoms with Crippen LogP contribution < -0.4 is 11.5 Å². The number of aliphatic hydroxyl groups excluding tert-OH is 1. The zero-order chi connectivity index (χ0) is 19.1. The van der Waals surface area contributed by atoms with E-state index in [0.717, 1.165) is 12.0 Å². The summed E-state index contributed by atoms with van der Waals surface area (Å²) in [6.07, 6.45) is 1.27. The van der Waals surface area contributed by atoms with Gasteiger partial charge in [0, 0.05) is 12.1 Å². The number of hydrogen-bond donors (Lipinski definition) is 3. The van der Waals surface area contributed by atoms with E-state index in [1.165, 1.54) is 16.7 Å². The molecule has 3 nitrogen and oxygen atoms in total. The van der Waals surface area contributed by atoms with Crippen molar-refractivity contribution in [3.05, 3.63) is 96.1 Å². The normalized spacial score (nSPS) is 14.5. The third-order valence-electron chi connectivity index (χ3n) is 4.91. The number of rotatable bonds is 8. The second kappa shape index (κ2) is 9.47. The number of hydrogen-bond acceptors (Lipinski definition) is 3. The minimum absolute atomic E-state index is 0.121. The van der Waals surface area contributed by atoms with E-state index in [2.05, 4.69) is 36.4 Å². The highest BCUT2D eigenvalue weighted by atomic mass is 16.3. The monoisotopic (exact) mass is 360 g/mol. The van der Waals surface area contributed by atoms with E-state index < -0.39 is 6.10 Å². The standard InChI is InChI=1S/C24H28N2O/c25-22(17-24(27)23(26)16-18-7-3-1-4-8-18)15-19-11-13-21(14-12-19)20-9-5-2-6-10-20/h1-14,22-24,27H,15-17,25-26H2/t22-,23-,24-/m0/s1. The zero-order valence-corrected chi connectivity index (χ0v) is 15.5. The van der Waals surface area contributed by atoms with Gasteiger partial charge in [-0.1, -0.05) is 84.9 Å². The lowest BCUT2D eigenvalue weighted by Gasteiger charge is -2.22. The zero-order valence-electron chi connectivity index (χ0n) is 15.5. The summed E-state index contributed by atoms with van der Waals surface area (Å²) in [6, 6.07) is 28.3. The quantitative estimate of drug-likeness (QED) is 0.575. The van der Waals surface area contributed by atoms with Crippen molar-refractivity contribution in [2.45, 2.75) is 37.5 Å². The molecule has 0 spiro atoms. The second-order valence-corrected chi connectivity index (χ2v) is 7.18. The lowest BCUT2D eigenvalue weighted by molar-refractivity contribution is 0.126.